The largest absolute Gasteiger partial charge is 0.364 e. The molecule has 0 bridgehead atoms. The fraction of sp³-hybridized carbons (Fsp3) is 0.417. The molecule has 0 spiro atoms. The summed E-state index contributed by atoms with van der Waals surface area (Å²) >= 11 is 0. The number of rotatable bonds is 4. The molecule has 1 saturated carbocycles. The van der Waals surface area contributed by atoms with Gasteiger partial charge in [-0.25, -0.2) is 0 Å². The van der Waals surface area contributed by atoms with Crippen LogP contribution in [0.3, 0.4) is 0 Å². The predicted molar refractivity (Wildman–Crippen MR) is 57.4 cm³/mol. The minimum atomic E-state index is -0.278. The summed E-state index contributed by atoms with van der Waals surface area (Å²) in [6.45, 7) is 0.285. The Bertz CT molecular complexity index is 344. The highest BCUT2D eigenvalue weighted by Crippen LogP contribution is 2.48. The molecular weight excluding hydrogens is 190 g/mol. The fourth-order valence-electron chi connectivity index (χ4n) is 1.84. The third kappa shape index (κ3) is 1.88. The first-order valence-electron chi connectivity index (χ1n) is 5.12. The highest BCUT2D eigenvalue weighted by Gasteiger charge is 2.50. The molecule has 3 heteroatoms. The maximum absolute atomic E-state index is 11.9. The van der Waals surface area contributed by atoms with Crippen LogP contribution in [0.4, 0.5) is 0 Å². The van der Waals surface area contributed by atoms with Gasteiger partial charge in [-0.15, -0.1) is 0 Å². The van der Waals surface area contributed by atoms with E-state index in [-0.39, 0.29) is 18.1 Å². The van der Waals surface area contributed by atoms with Gasteiger partial charge in [-0.3, -0.25) is 4.79 Å². The molecule has 0 aliphatic heterocycles. The van der Waals surface area contributed by atoms with Crippen LogP contribution >= 0.6 is 0 Å². The van der Waals surface area contributed by atoms with E-state index in [4.69, 9.17) is 4.74 Å². The molecule has 1 aromatic rings. The number of hydrogen-bond acceptors (Lipinski definition) is 2. The summed E-state index contributed by atoms with van der Waals surface area (Å²) < 4.78 is 4.84. The highest BCUT2D eigenvalue weighted by atomic mass is 16.5. The maximum Gasteiger partial charge on any atom is 0.232 e. The van der Waals surface area contributed by atoms with Crippen LogP contribution in [0.5, 0.6) is 0 Å². The summed E-state index contributed by atoms with van der Waals surface area (Å²) in [6, 6.07) is 9.93. The molecule has 0 radical (unpaired) electrons. The summed E-state index contributed by atoms with van der Waals surface area (Å²) in [5.74, 6) is 0.0792. The molecule has 2 rings (SSSR count). The first-order chi connectivity index (χ1) is 7.29. The number of benzene rings is 1. The van der Waals surface area contributed by atoms with Gasteiger partial charge in [0.05, 0.1) is 5.41 Å². The molecule has 0 aromatic heterocycles. The lowest BCUT2D eigenvalue weighted by atomic mass is 9.95. The zero-order chi connectivity index (χ0) is 10.7. The van der Waals surface area contributed by atoms with Gasteiger partial charge in [0.2, 0.25) is 5.91 Å². The molecule has 0 saturated heterocycles. The van der Waals surface area contributed by atoms with Crippen molar-refractivity contribution in [1.29, 1.82) is 0 Å². The molecule has 3 nitrogen and oxygen atoms in total. The third-order valence-corrected chi connectivity index (χ3v) is 2.89. The van der Waals surface area contributed by atoms with Crippen molar-refractivity contribution in [2.24, 2.45) is 0 Å². The molecule has 1 aliphatic rings. The van der Waals surface area contributed by atoms with Crippen LogP contribution in [-0.2, 0) is 14.9 Å². The Hall–Kier alpha value is -1.35. The lowest BCUT2D eigenvalue weighted by Crippen LogP contribution is -2.35. The van der Waals surface area contributed by atoms with E-state index in [0.29, 0.717) is 0 Å². The van der Waals surface area contributed by atoms with Gasteiger partial charge in [0.25, 0.3) is 0 Å². The lowest BCUT2D eigenvalue weighted by Gasteiger charge is -2.14. The topological polar surface area (TPSA) is 38.3 Å². The summed E-state index contributed by atoms with van der Waals surface area (Å²) in [6.07, 6.45) is 1.87. The van der Waals surface area contributed by atoms with Gasteiger partial charge >= 0.3 is 0 Å². The molecule has 15 heavy (non-hydrogen) atoms. The van der Waals surface area contributed by atoms with E-state index in [1.54, 1.807) is 7.11 Å². The van der Waals surface area contributed by atoms with Crippen molar-refractivity contribution in [2.45, 2.75) is 18.3 Å². The summed E-state index contributed by atoms with van der Waals surface area (Å²) in [7, 11) is 1.57. The number of hydrogen-bond donors (Lipinski definition) is 1. The molecule has 80 valence electrons. The summed E-state index contributed by atoms with van der Waals surface area (Å²) in [5.41, 5.74) is 0.832. The zero-order valence-electron chi connectivity index (χ0n) is 8.82. The van der Waals surface area contributed by atoms with Crippen LogP contribution in [-0.4, -0.2) is 19.7 Å². The molecule has 0 unspecified atom stereocenters. The van der Waals surface area contributed by atoms with E-state index < -0.39 is 0 Å². The van der Waals surface area contributed by atoms with Crippen molar-refractivity contribution >= 4 is 5.91 Å². The minimum Gasteiger partial charge on any atom is -0.364 e. The molecule has 0 heterocycles. The van der Waals surface area contributed by atoms with Gasteiger partial charge in [-0.1, -0.05) is 30.3 Å². The van der Waals surface area contributed by atoms with Crippen molar-refractivity contribution in [3.63, 3.8) is 0 Å². The number of nitrogens with one attached hydrogen (secondary N) is 1. The second-order valence-corrected chi connectivity index (χ2v) is 3.89. The Morgan fingerprint density at radius 2 is 2.07 bits per heavy atom. The fourth-order valence-corrected chi connectivity index (χ4v) is 1.84. The quantitative estimate of drug-likeness (QED) is 0.755. The molecule has 1 amide bonds. The van der Waals surface area contributed by atoms with Crippen LogP contribution < -0.4 is 5.32 Å². The second-order valence-electron chi connectivity index (χ2n) is 3.89. The number of amides is 1. The van der Waals surface area contributed by atoms with E-state index in [1.807, 2.05) is 30.3 Å². The van der Waals surface area contributed by atoms with Crippen molar-refractivity contribution in [2.75, 3.05) is 13.8 Å². The zero-order valence-corrected chi connectivity index (χ0v) is 8.82. The Kier molecular flexibility index (Phi) is 2.73. The van der Waals surface area contributed by atoms with E-state index >= 15 is 0 Å². The predicted octanol–water partition coefficient (Wildman–Crippen LogP) is 1.44. The molecule has 1 N–H and O–H groups in total. The van der Waals surface area contributed by atoms with E-state index in [9.17, 15) is 4.79 Å². The smallest absolute Gasteiger partial charge is 0.232 e. The molecule has 1 aliphatic carbocycles. The lowest BCUT2D eigenvalue weighted by molar-refractivity contribution is -0.125. The van der Waals surface area contributed by atoms with Crippen LogP contribution in [0.2, 0.25) is 0 Å². The first-order valence-corrected chi connectivity index (χ1v) is 5.12. The van der Waals surface area contributed by atoms with Gasteiger partial charge < -0.3 is 10.1 Å². The van der Waals surface area contributed by atoms with Crippen LogP contribution in [0.1, 0.15) is 18.4 Å². The SMILES string of the molecule is COCNC(=O)C1(c2ccccc2)CC1. The van der Waals surface area contributed by atoms with Crippen molar-refractivity contribution in [3.05, 3.63) is 35.9 Å². The Morgan fingerprint density at radius 1 is 1.40 bits per heavy atom. The van der Waals surface area contributed by atoms with Crippen LogP contribution in [0.25, 0.3) is 0 Å². The Labute approximate surface area is 89.4 Å². The Balaban J connectivity index is 2.11. The van der Waals surface area contributed by atoms with Gasteiger partial charge in [0, 0.05) is 7.11 Å². The summed E-state index contributed by atoms with van der Waals surface area (Å²) in [4.78, 5) is 11.9. The second kappa shape index (κ2) is 4.03. The van der Waals surface area contributed by atoms with E-state index in [2.05, 4.69) is 5.32 Å². The van der Waals surface area contributed by atoms with E-state index in [0.717, 1.165) is 18.4 Å². The number of ether oxygens (including phenoxy) is 1. The van der Waals surface area contributed by atoms with Gasteiger partial charge in [-0.2, -0.15) is 0 Å². The maximum atomic E-state index is 11.9. The standard InChI is InChI=1S/C12H15NO2/c1-15-9-13-11(14)12(7-8-12)10-5-3-2-4-6-10/h2-6H,7-9H2,1H3,(H,13,14). The van der Waals surface area contributed by atoms with Gasteiger partial charge in [0.15, 0.2) is 0 Å². The third-order valence-electron chi connectivity index (χ3n) is 2.89. The van der Waals surface area contributed by atoms with Crippen molar-refractivity contribution < 1.29 is 9.53 Å². The van der Waals surface area contributed by atoms with Gasteiger partial charge in [0.1, 0.15) is 6.73 Å². The minimum absolute atomic E-state index is 0.0792. The molecule has 1 aromatic carbocycles. The molecule has 1 fully saturated rings. The van der Waals surface area contributed by atoms with Crippen molar-refractivity contribution in [3.8, 4) is 0 Å². The van der Waals surface area contributed by atoms with Crippen LogP contribution in [0, 0.1) is 0 Å². The first kappa shape index (κ1) is 10.2. The number of methoxy groups -OCH3 is 1. The molecule has 0 atom stereocenters. The highest BCUT2D eigenvalue weighted by molar-refractivity contribution is 5.91. The monoisotopic (exact) mass is 205 g/mol. The average Bonchev–Trinajstić information content (AvgIpc) is 3.08. The average molecular weight is 205 g/mol. The van der Waals surface area contributed by atoms with Crippen LogP contribution in [0.15, 0.2) is 30.3 Å². The molecular formula is C12H15NO2. The van der Waals surface area contributed by atoms with Gasteiger partial charge in [-0.05, 0) is 18.4 Å². The normalized spacial score (nSPS) is 17.1. The Morgan fingerprint density at radius 3 is 2.60 bits per heavy atom. The van der Waals surface area contributed by atoms with E-state index in [1.165, 1.54) is 0 Å². The number of carbonyl (C=O) groups is 1. The number of carbonyl (C=O) groups excluding carboxylic acids is 1. The summed E-state index contributed by atoms with van der Waals surface area (Å²) in [5, 5.41) is 2.77. The van der Waals surface area contributed by atoms with Crippen molar-refractivity contribution in [1.82, 2.24) is 5.32 Å².